The highest BCUT2D eigenvalue weighted by Gasteiger charge is 2.37. The topological polar surface area (TPSA) is 91.3 Å². The van der Waals surface area contributed by atoms with Gasteiger partial charge in [-0.05, 0) is 29.2 Å². The number of carbonyl (C=O) groups is 1. The van der Waals surface area contributed by atoms with E-state index in [1.54, 1.807) is 12.1 Å². The van der Waals surface area contributed by atoms with Gasteiger partial charge in [0.25, 0.3) is 0 Å². The number of carbonyl (C=O) groups excluding carboxylic acids is 1. The van der Waals surface area contributed by atoms with Gasteiger partial charge in [0.1, 0.15) is 6.07 Å². The Kier molecular flexibility index (Phi) is 6.97. The van der Waals surface area contributed by atoms with Gasteiger partial charge in [0.2, 0.25) is 11.5 Å². The molecule has 0 saturated carbocycles. The Balaban J connectivity index is 1.86. The second kappa shape index (κ2) is 9.49. The van der Waals surface area contributed by atoms with E-state index in [1.165, 1.54) is 12.1 Å². The molecule has 0 spiro atoms. The number of hydrazone groups is 1. The van der Waals surface area contributed by atoms with Crippen LogP contribution in [0.3, 0.4) is 0 Å². The number of benzene rings is 2. The molecular formula is C24H18F6N4O2. The lowest BCUT2D eigenvalue weighted by molar-refractivity contribution is -0.143. The molecule has 0 fully saturated rings. The molecule has 3 aromatic rings. The monoisotopic (exact) mass is 508 g/mol. The van der Waals surface area contributed by atoms with Crippen LogP contribution in [0.4, 0.5) is 32.0 Å². The maximum Gasteiger partial charge on any atom is 0.416 e. The van der Waals surface area contributed by atoms with Crippen molar-refractivity contribution in [2.75, 3.05) is 5.43 Å². The van der Waals surface area contributed by atoms with Gasteiger partial charge in [-0.1, -0.05) is 50.2 Å². The third-order valence-corrected chi connectivity index (χ3v) is 4.98. The summed E-state index contributed by atoms with van der Waals surface area (Å²) in [5.41, 5.74) is -1.61. The van der Waals surface area contributed by atoms with Crippen molar-refractivity contribution in [3.05, 3.63) is 70.9 Å². The Bertz CT molecular complexity index is 1310. The Hall–Kier alpha value is -4.14. The van der Waals surface area contributed by atoms with Crippen molar-refractivity contribution in [2.24, 2.45) is 5.10 Å². The van der Waals surface area contributed by atoms with Crippen molar-refractivity contribution < 1.29 is 35.7 Å². The number of aromatic nitrogens is 1. The first-order valence-electron chi connectivity index (χ1n) is 10.2. The minimum atomic E-state index is -5.07. The lowest BCUT2D eigenvalue weighted by Gasteiger charge is -2.18. The summed E-state index contributed by atoms with van der Waals surface area (Å²) in [6.45, 7) is 6.11. The van der Waals surface area contributed by atoms with Crippen LogP contribution in [0.15, 0.2) is 58.2 Å². The van der Waals surface area contributed by atoms with Crippen molar-refractivity contribution in [1.29, 1.82) is 5.26 Å². The summed E-state index contributed by atoms with van der Waals surface area (Å²) in [6.07, 6.45) is -10.1. The van der Waals surface area contributed by atoms with Gasteiger partial charge >= 0.3 is 12.4 Å². The molecule has 188 valence electrons. The summed E-state index contributed by atoms with van der Waals surface area (Å²) in [4.78, 5) is 12.6. The van der Waals surface area contributed by atoms with Gasteiger partial charge in [0, 0.05) is 11.6 Å². The second-order valence-corrected chi connectivity index (χ2v) is 8.71. The predicted molar refractivity (Wildman–Crippen MR) is 118 cm³/mol. The molecular weight excluding hydrogens is 490 g/mol. The van der Waals surface area contributed by atoms with E-state index in [0.717, 1.165) is 5.56 Å². The van der Waals surface area contributed by atoms with Crippen molar-refractivity contribution in [3.8, 4) is 17.4 Å². The number of hydrogen-bond acceptors (Lipinski definition) is 6. The highest BCUT2D eigenvalue weighted by Crippen LogP contribution is 2.37. The lowest BCUT2D eigenvalue weighted by atomic mass is 9.86. The van der Waals surface area contributed by atoms with Gasteiger partial charge in [-0.15, -0.1) is 0 Å². The van der Waals surface area contributed by atoms with Crippen LogP contribution in [-0.4, -0.2) is 16.7 Å². The molecule has 0 radical (unpaired) electrons. The quantitative estimate of drug-likeness (QED) is 0.176. The first-order valence-corrected chi connectivity index (χ1v) is 10.2. The van der Waals surface area contributed by atoms with Crippen LogP contribution in [0, 0.1) is 11.3 Å². The average Bonchev–Trinajstić information content (AvgIpc) is 3.28. The fourth-order valence-corrected chi connectivity index (χ4v) is 3.04. The van der Waals surface area contributed by atoms with Crippen LogP contribution in [0.25, 0.3) is 11.3 Å². The van der Waals surface area contributed by atoms with Gasteiger partial charge in [0.15, 0.2) is 11.5 Å². The zero-order chi connectivity index (χ0) is 26.9. The van der Waals surface area contributed by atoms with E-state index >= 15 is 0 Å². The Morgan fingerprint density at radius 1 is 0.917 bits per heavy atom. The highest BCUT2D eigenvalue weighted by molar-refractivity contribution is 6.51. The number of Topliss-reactive ketones (excluding diaryl/α,β-unsaturated/α-hetero) is 1. The third-order valence-electron chi connectivity index (χ3n) is 4.98. The molecule has 0 aliphatic carbocycles. The van der Waals surface area contributed by atoms with Crippen molar-refractivity contribution in [3.63, 3.8) is 0 Å². The maximum absolute atomic E-state index is 13.0. The van der Waals surface area contributed by atoms with Crippen LogP contribution in [-0.2, 0) is 17.8 Å². The van der Waals surface area contributed by atoms with Crippen molar-refractivity contribution >= 4 is 17.2 Å². The molecule has 0 aliphatic rings. The summed E-state index contributed by atoms with van der Waals surface area (Å²) in [5, 5.41) is 16.3. The van der Waals surface area contributed by atoms with Gasteiger partial charge in [-0.25, -0.2) is 0 Å². The van der Waals surface area contributed by atoms with E-state index in [9.17, 15) is 36.4 Å². The first-order chi connectivity index (χ1) is 16.6. The standard InChI is InChI=1S/C24H18F6N4O2/c1-22(2,3)14-6-4-13(5-7-14)20-11-18(34-36-20)21(35)19(12-31)33-32-17-9-15(23(25,26)27)8-16(10-17)24(28,29)30/h4-11,32H,1-3H3. The summed E-state index contributed by atoms with van der Waals surface area (Å²) < 4.78 is 83.3. The number of nitriles is 1. The van der Waals surface area contributed by atoms with Crippen LogP contribution < -0.4 is 5.43 Å². The number of anilines is 1. The fraction of sp³-hybridized carbons (Fsp3) is 0.250. The average molecular weight is 508 g/mol. The normalized spacial score (nSPS) is 12.8. The van der Waals surface area contributed by atoms with E-state index in [2.05, 4.69) is 10.3 Å². The van der Waals surface area contributed by atoms with Gasteiger partial charge in [-0.3, -0.25) is 10.2 Å². The summed E-state index contributed by atoms with van der Waals surface area (Å²) in [6, 6.07) is 10.6. The summed E-state index contributed by atoms with van der Waals surface area (Å²) in [7, 11) is 0. The molecule has 36 heavy (non-hydrogen) atoms. The molecule has 1 aromatic heterocycles. The Morgan fingerprint density at radius 3 is 1.94 bits per heavy atom. The van der Waals surface area contributed by atoms with Crippen LogP contribution in [0.1, 0.15) is 48.0 Å². The van der Waals surface area contributed by atoms with Crippen LogP contribution >= 0.6 is 0 Å². The largest absolute Gasteiger partial charge is 0.416 e. The third kappa shape index (κ3) is 6.10. The smallest absolute Gasteiger partial charge is 0.356 e. The SMILES string of the molecule is CC(C)(C)c1ccc(-c2cc(C(=O)C(C#N)=NNc3cc(C(F)(F)F)cc(C(F)(F)F)c3)no2)cc1. The number of nitrogens with zero attached hydrogens (tertiary/aromatic N) is 3. The molecule has 6 nitrogen and oxygen atoms in total. The molecule has 2 aromatic carbocycles. The van der Waals surface area contributed by atoms with Crippen molar-refractivity contribution in [2.45, 2.75) is 38.5 Å². The molecule has 0 bridgehead atoms. The highest BCUT2D eigenvalue weighted by atomic mass is 19.4. The maximum atomic E-state index is 13.0. The van der Waals surface area contributed by atoms with Gasteiger partial charge in [0.05, 0.1) is 16.8 Å². The Morgan fingerprint density at radius 2 is 1.47 bits per heavy atom. The zero-order valence-corrected chi connectivity index (χ0v) is 19.0. The number of ketones is 1. The molecule has 1 N–H and O–H groups in total. The van der Waals surface area contributed by atoms with E-state index in [1.807, 2.05) is 38.3 Å². The molecule has 0 saturated heterocycles. The molecule has 3 rings (SSSR count). The summed E-state index contributed by atoms with van der Waals surface area (Å²) >= 11 is 0. The van der Waals surface area contributed by atoms with Gasteiger partial charge < -0.3 is 4.52 Å². The van der Waals surface area contributed by atoms with E-state index in [-0.39, 0.29) is 22.9 Å². The minimum absolute atomic E-state index is 0.0593. The summed E-state index contributed by atoms with van der Waals surface area (Å²) in [5.74, 6) is -0.842. The van der Waals surface area contributed by atoms with Crippen LogP contribution in [0.5, 0.6) is 0 Å². The fourth-order valence-electron chi connectivity index (χ4n) is 3.04. The number of nitrogens with one attached hydrogen (secondary N) is 1. The molecule has 0 unspecified atom stereocenters. The van der Waals surface area contributed by atoms with E-state index < -0.39 is 40.7 Å². The molecule has 1 heterocycles. The molecule has 0 atom stereocenters. The van der Waals surface area contributed by atoms with E-state index in [0.29, 0.717) is 17.7 Å². The van der Waals surface area contributed by atoms with Gasteiger partial charge in [-0.2, -0.15) is 36.7 Å². The number of rotatable bonds is 5. The van der Waals surface area contributed by atoms with Crippen molar-refractivity contribution in [1.82, 2.24) is 5.16 Å². The predicted octanol–water partition coefficient (Wildman–Crippen LogP) is 6.85. The number of halogens is 6. The number of hydrogen-bond donors (Lipinski definition) is 1. The number of alkyl halides is 6. The zero-order valence-electron chi connectivity index (χ0n) is 19.0. The molecule has 0 amide bonds. The first kappa shape index (κ1) is 26.5. The van der Waals surface area contributed by atoms with E-state index in [4.69, 9.17) is 4.52 Å². The molecule has 12 heteroatoms. The molecule has 0 aliphatic heterocycles. The Labute approximate surface area is 201 Å². The minimum Gasteiger partial charge on any atom is -0.356 e. The second-order valence-electron chi connectivity index (χ2n) is 8.71. The van der Waals surface area contributed by atoms with Crippen LogP contribution in [0.2, 0.25) is 0 Å². The lowest BCUT2D eigenvalue weighted by Crippen LogP contribution is -2.15.